The number of nitrogens with zero attached hydrogens (tertiary/aromatic N) is 2. The predicted molar refractivity (Wildman–Crippen MR) is 87.3 cm³/mol. The van der Waals surface area contributed by atoms with Gasteiger partial charge in [0, 0.05) is 38.6 Å². The van der Waals surface area contributed by atoms with E-state index in [4.69, 9.17) is 0 Å². The Kier molecular flexibility index (Phi) is 6.49. The zero-order valence-corrected chi connectivity index (χ0v) is 14.1. The average molecular weight is 295 g/mol. The Morgan fingerprint density at radius 3 is 2.57 bits per heavy atom. The number of carbonyl (C=O) groups excluding carboxylic acids is 1. The molecule has 2 aliphatic heterocycles. The van der Waals surface area contributed by atoms with Gasteiger partial charge in [-0.1, -0.05) is 6.92 Å². The average Bonchev–Trinajstić information content (AvgIpc) is 2.48. The zero-order valence-electron chi connectivity index (χ0n) is 14.1. The van der Waals surface area contributed by atoms with Gasteiger partial charge in [0.1, 0.15) is 0 Å². The monoisotopic (exact) mass is 295 g/mol. The third-order valence-electron chi connectivity index (χ3n) is 5.23. The number of nitrogens with one attached hydrogen (secondary N) is 1. The minimum Gasteiger partial charge on any atom is -0.343 e. The van der Waals surface area contributed by atoms with E-state index < -0.39 is 0 Å². The summed E-state index contributed by atoms with van der Waals surface area (Å²) in [6.45, 7) is 12.0. The fraction of sp³-hybridized carbons (Fsp3) is 0.941. The van der Waals surface area contributed by atoms with Crippen molar-refractivity contribution in [2.45, 2.75) is 65.0 Å². The lowest BCUT2D eigenvalue weighted by atomic mass is 9.90. The molecule has 2 rings (SSSR count). The van der Waals surface area contributed by atoms with Crippen molar-refractivity contribution in [3.05, 3.63) is 0 Å². The largest absolute Gasteiger partial charge is 0.343 e. The summed E-state index contributed by atoms with van der Waals surface area (Å²) >= 11 is 0. The lowest BCUT2D eigenvalue weighted by molar-refractivity contribution is -0.129. The molecule has 2 heterocycles. The SMILES string of the molecule is CCCN1CCCC(C(C)NC2CCN(C(C)=O)CC2)C1. The standard InChI is InChI=1S/C17H33N3O/c1-4-9-19-10-5-6-16(13-19)14(2)18-17-7-11-20(12-8-17)15(3)21/h14,16-18H,4-13H2,1-3H3. The van der Waals surface area contributed by atoms with Crippen LogP contribution in [0.1, 0.15) is 52.9 Å². The maximum absolute atomic E-state index is 11.4. The van der Waals surface area contributed by atoms with Crippen LogP contribution in [0.15, 0.2) is 0 Å². The van der Waals surface area contributed by atoms with Gasteiger partial charge in [0.15, 0.2) is 0 Å². The summed E-state index contributed by atoms with van der Waals surface area (Å²) in [4.78, 5) is 16.0. The summed E-state index contributed by atoms with van der Waals surface area (Å²) in [6, 6.07) is 1.19. The summed E-state index contributed by atoms with van der Waals surface area (Å²) < 4.78 is 0. The lowest BCUT2D eigenvalue weighted by Gasteiger charge is -2.39. The van der Waals surface area contributed by atoms with Crippen LogP contribution in [-0.4, -0.2) is 60.5 Å². The molecule has 0 spiro atoms. The van der Waals surface area contributed by atoms with Crippen molar-refractivity contribution in [3.8, 4) is 0 Å². The first kappa shape index (κ1) is 16.8. The third kappa shape index (κ3) is 4.96. The molecule has 0 aliphatic carbocycles. The van der Waals surface area contributed by atoms with E-state index in [-0.39, 0.29) is 5.91 Å². The fourth-order valence-corrected chi connectivity index (χ4v) is 3.89. The molecule has 122 valence electrons. The van der Waals surface area contributed by atoms with Gasteiger partial charge in [-0.2, -0.15) is 0 Å². The Bertz CT molecular complexity index is 324. The maximum Gasteiger partial charge on any atom is 0.219 e. The number of hydrogen-bond donors (Lipinski definition) is 1. The van der Waals surface area contributed by atoms with Crippen LogP contribution in [-0.2, 0) is 4.79 Å². The molecule has 0 aromatic carbocycles. The van der Waals surface area contributed by atoms with E-state index >= 15 is 0 Å². The molecule has 21 heavy (non-hydrogen) atoms. The van der Waals surface area contributed by atoms with Crippen LogP contribution in [0.25, 0.3) is 0 Å². The molecule has 0 bridgehead atoms. The van der Waals surface area contributed by atoms with E-state index in [1.807, 2.05) is 4.90 Å². The summed E-state index contributed by atoms with van der Waals surface area (Å²) in [5, 5.41) is 3.85. The van der Waals surface area contributed by atoms with Crippen LogP contribution in [0.3, 0.4) is 0 Å². The van der Waals surface area contributed by atoms with Gasteiger partial charge in [0.05, 0.1) is 0 Å². The topological polar surface area (TPSA) is 35.6 Å². The van der Waals surface area contributed by atoms with Gasteiger partial charge in [-0.15, -0.1) is 0 Å². The van der Waals surface area contributed by atoms with Crippen molar-refractivity contribution in [3.63, 3.8) is 0 Å². The Morgan fingerprint density at radius 1 is 1.24 bits per heavy atom. The van der Waals surface area contributed by atoms with Crippen molar-refractivity contribution in [1.82, 2.24) is 15.1 Å². The van der Waals surface area contributed by atoms with Crippen LogP contribution >= 0.6 is 0 Å². The first-order chi connectivity index (χ1) is 10.1. The number of carbonyl (C=O) groups is 1. The van der Waals surface area contributed by atoms with E-state index in [1.165, 1.54) is 38.9 Å². The smallest absolute Gasteiger partial charge is 0.219 e. The molecule has 4 nitrogen and oxygen atoms in total. The first-order valence-electron chi connectivity index (χ1n) is 8.84. The molecule has 2 aliphatic rings. The van der Waals surface area contributed by atoms with E-state index in [2.05, 4.69) is 24.1 Å². The van der Waals surface area contributed by atoms with Crippen LogP contribution in [0.5, 0.6) is 0 Å². The molecular formula is C17H33N3O. The lowest BCUT2D eigenvalue weighted by Crippen LogP contribution is -2.51. The summed E-state index contributed by atoms with van der Waals surface area (Å²) in [6.07, 6.45) is 6.18. The number of hydrogen-bond acceptors (Lipinski definition) is 3. The Hall–Kier alpha value is -0.610. The van der Waals surface area contributed by atoms with Crippen LogP contribution in [0, 0.1) is 5.92 Å². The van der Waals surface area contributed by atoms with E-state index in [0.29, 0.717) is 12.1 Å². The highest BCUT2D eigenvalue weighted by Crippen LogP contribution is 2.21. The van der Waals surface area contributed by atoms with Gasteiger partial charge < -0.3 is 15.1 Å². The van der Waals surface area contributed by atoms with Gasteiger partial charge in [0.2, 0.25) is 5.91 Å². The maximum atomic E-state index is 11.4. The van der Waals surface area contributed by atoms with Crippen molar-refractivity contribution >= 4 is 5.91 Å². The van der Waals surface area contributed by atoms with Crippen molar-refractivity contribution in [2.24, 2.45) is 5.92 Å². The summed E-state index contributed by atoms with van der Waals surface area (Å²) in [5.41, 5.74) is 0. The second-order valence-corrected chi connectivity index (χ2v) is 6.94. The molecule has 4 heteroatoms. The molecular weight excluding hydrogens is 262 g/mol. The number of amides is 1. The fourth-order valence-electron chi connectivity index (χ4n) is 3.89. The molecule has 1 N–H and O–H groups in total. The minimum atomic E-state index is 0.226. The molecule has 1 amide bonds. The van der Waals surface area contributed by atoms with E-state index in [9.17, 15) is 4.79 Å². The molecule has 0 aromatic rings. The van der Waals surface area contributed by atoms with Crippen LogP contribution in [0.2, 0.25) is 0 Å². The Morgan fingerprint density at radius 2 is 1.95 bits per heavy atom. The van der Waals surface area contributed by atoms with Crippen molar-refractivity contribution in [1.29, 1.82) is 0 Å². The number of piperidine rings is 2. The number of rotatable bonds is 5. The molecule has 0 saturated carbocycles. The third-order valence-corrected chi connectivity index (χ3v) is 5.23. The van der Waals surface area contributed by atoms with E-state index in [0.717, 1.165) is 31.8 Å². The zero-order chi connectivity index (χ0) is 15.2. The first-order valence-corrected chi connectivity index (χ1v) is 8.84. The molecule has 2 unspecified atom stereocenters. The minimum absolute atomic E-state index is 0.226. The summed E-state index contributed by atoms with van der Waals surface area (Å²) in [5.74, 6) is 1.01. The van der Waals surface area contributed by atoms with Gasteiger partial charge in [-0.05, 0) is 58.0 Å². The van der Waals surface area contributed by atoms with E-state index in [1.54, 1.807) is 6.92 Å². The Balaban J connectivity index is 1.74. The second-order valence-electron chi connectivity index (χ2n) is 6.94. The number of likely N-dealkylation sites (tertiary alicyclic amines) is 2. The van der Waals surface area contributed by atoms with Gasteiger partial charge in [-0.3, -0.25) is 4.79 Å². The normalized spacial score (nSPS) is 26.8. The molecule has 0 aromatic heterocycles. The predicted octanol–water partition coefficient (Wildman–Crippen LogP) is 2.10. The highest BCUT2D eigenvalue weighted by atomic mass is 16.2. The van der Waals surface area contributed by atoms with Crippen LogP contribution < -0.4 is 5.32 Å². The van der Waals surface area contributed by atoms with Crippen molar-refractivity contribution in [2.75, 3.05) is 32.7 Å². The molecule has 2 fully saturated rings. The van der Waals surface area contributed by atoms with Gasteiger partial charge in [0.25, 0.3) is 0 Å². The molecule has 0 radical (unpaired) electrons. The summed E-state index contributed by atoms with van der Waals surface area (Å²) in [7, 11) is 0. The van der Waals surface area contributed by atoms with Crippen molar-refractivity contribution < 1.29 is 4.79 Å². The Labute approximate surface area is 130 Å². The second kappa shape index (κ2) is 8.14. The van der Waals surface area contributed by atoms with Gasteiger partial charge >= 0.3 is 0 Å². The highest BCUT2D eigenvalue weighted by molar-refractivity contribution is 5.73. The molecule has 2 atom stereocenters. The molecule has 2 saturated heterocycles. The highest BCUT2D eigenvalue weighted by Gasteiger charge is 2.27. The van der Waals surface area contributed by atoms with Gasteiger partial charge in [-0.25, -0.2) is 0 Å². The quantitative estimate of drug-likeness (QED) is 0.844. The van der Waals surface area contributed by atoms with Crippen LogP contribution in [0.4, 0.5) is 0 Å².